The summed E-state index contributed by atoms with van der Waals surface area (Å²) in [6, 6.07) is 10.5. The molecule has 1 saturated heterocycles. The van der Waals surface area contributed by atoms with E-state index < -0.39 is 14.6 Å². The molecule has 1 aromatic rings. The Morgan fingerprint density at radius 1 is 1.30 bits per heavy atom. The SMILES string of the molecule is CCNC(=NCCS(=O)(=O)C(C)(C)C)N1CCC(CSc2ccccc2)C1. The van der Waals surface area contributed by atoms with E-state index in [1.165, 1.54) is 4.90 Å². The third kappa shape index (κ3) is 6.71. The molecule has 1 heterocycles. The van der Waals surface area contributed by atoms with Crippen molar-refractivity contribution in [2.45, 2.75) is 43.8 Å². The van der Waals surface area contributed by atoms with Crippen molar-refractivity contribution in [3.8, 4) is 0 Å². The Morgan fingerprint density at radius 3 is 2.63 bits per heavy atom. The van der Waals surface area contributed by atoms with Crippen LogP contribution in [0.25, 0.3) is 0 Å². The van der Waals surface area contributed by atoms with E-state index in [1.54, 1.807) is 20.8 Å². The Hall–Kier alpha value is -1.21. The van der Waals surface area contributed by atoms with Crippen LogP contribution in [0.15, 0.2) is 40.2 Å². The molecule has 0 aliphatic carbocycles. The first-order chi connectivity index (χ1) is 12.7. The highest BCUT2D eigenvalue weighted by Gasteiger charge is 2.29. The van der Waals surface area contributed by atoms with Crippen LogP contribution in [0.4, 0.5) is 0 Å². The van der Waals surface area contributed by atoms with Crippen LogP contribution in [0, 0.1) is 5.92 Å². The second-order valence-corrected chi connectivity index (χ2v) is 11.8. The molecule has 2 rings (SSSR count). The van der Waals surface area contributed by atoms with Crippen LogP contribution in [0.5, 0.6) is 0 Å². The van der Waals surface area contributed by atoms with Crippen LogP contribution in [0.1, 0.15) is 34.1 Å². The number of benzene rings is 1. The van der Waals surface area contributed by atoms with Gasteiger partial charge in [-0.1, -0.05) is 18.2 Å². The third-order valence-corrected chi connectivity index (χ3v) is 8.53. The molecule has 1 N–H and O–H groups in total. The van der Waals surface area contributed by atoms with Gasteiger partial charge in [0.05, 0.1) is 17.0 Å². The summed E-state index contributed by atoms with van der Waals surface area (Å²) in [7, 11) is -3.14. The second kappa shape index (κ2) is 9.82. The highest BCUT2D eigenvalue weighted by molar-refractivity contribution is 7.99. The van der Waals surface area contributed by atoms with E-state index in [2.05, 4.69) is 39.5 Å². The maximum atomic E-state index is 12.3. The molecule has 5 nitrogen and oxygen atoms in total. The smallest absolute Gasteiger partial charge is 0.193 e. The van der Waals surface area contributed by atoms with Crippen LogP contribution >= 0.6 is 11.8 Å². The topological polar surface area (TPSA) is 61.8 Å². The Morgan fingerprint density at radius 2 is 2.00 bits per heavy atom. The fraction of sp³-hybridized carbons (Fsp3) is 0.650. The normalized spacial score (nSPS) is 18.7. The molecule has 27 heavy (non-hydrogen) atoms. The Kier molecular flexibility index (Phi) is 8.04. The van der Waals surface area contributed by atoms with Gasteiger partial charge in [-0.2, -0.15) is 0 Å². The summed E-state index contributed by atoms with van der Waals surface area (Å²) in [4.78, 5) is 8.17. The molecule has 0 radical (unpaired) electrons. The standard InChI is InChI=1S/C20H33N3O2S2/c1-5-21-19(22-12-14-27(24,25)20(2,3)4)23-13-11-17(15-23)16-26-18-9-7-6-8-10-18/h6-10,17H,5,11-16H2,1-4H3,(H,21,22). The molecular weight excluding hydrogens is 378 g/mol. The Balaban J connectivity index is 1.89. The highest BCUT2D eigenvalue weighted by Crippen LogP contribution is 2.26. The molecule has 1 aliphatic heterocycles. The van der Waals surface area contributed by atoms with Gasteiger partial charge in [-0.05, 0) is 52.2 Å². The van der Waals surface area contributed by atoms with Gasteiger partial charge in [-0.15, -0.1) is 11.8 Å². The van der Waals surface area contributed by atoms with E-state index in [4.69, 9.17) is 0 Å². The van der Waals surface area contributed by atoms with Gasteiger partial charge in [0.25, 0.3) is 0 Å². The molecule has 0 amide bonds. The van der Waals surface area contributed by atoms with Gasteiger partial charge in [0, 0.05) is 30.3 Å². The molecule has 1 aliphatic rings. The van der Waals surface area contributed by atoms with E-state index in [0.717, 1.165) is 37.8 Å². The van der Waals surface area contributed by atoms with Gasteiger partial charge in [0.1, 0.15) is 0 Å². The first kappa shape index (κ1) is 22.1. The lowest BCUT2D eigenvalue weighted by Crippen LogP contribution is -2.40. The molecule has 0 spiro atoms. The average Bonchev–Trinajstić information content (AvgIpc) is 3.08. The van der Waals surface area contributed by atoms with Gasteiger partial charge in [0.15, 0.2) is 15.8 Å². The number of thioether (sulfide) groups is 1. The number of rotatable bonds is 7. The van der Waals surface area contributed by atoms with Gasteiger partial charge in [0.2, 0.25) is 0 Å². The van der Waals surface area contributed by atoms with Crippen LogP contribution in [-0.4, -0.2) is 61.7 Å². The van der Waals surface area contributed by atoms with Gasteiger partial charge >= 0.3 is 0 Å². The van der Waals surface area contributed by atoms with E-state index in [1.807, 2.05) is 24.8 Å². The molecule has 1 unspecified atom stereocenters. The number of likely N-dealkylation sites (tertiary alicyclic amines) is 1. The molecular formula is C20H33N3O2S2. The van der Waals surface area contributed by atoms with Crippen molar-refractivity contribution in [3.05, 3.63) is 30.3 Å². The summed E-state index contributed by atoms with van der Waals surface area (Å²) < 4.78 is 23.8. The monoisotopic (exact) mass is 411 g/mol. The summed E-state index contributed by atoms with van der Waals surface area (Å²) in [5.41, 5.74) is 0. The average molecular weight is 412 g/mol. The number of nitrogens with one attached hydrogen (secondary N) is 1. The van der Waals surface area contributed by atoms with Gasteiger partial charge in [-0.25, -0.2) is 8.42 Å². The Labute approximate surface area is 168 Å². The number of nitrogens with zero attached hydrogens (tertiary/aromatic N) is 2. The summed E-state index contributed by atoms with van der Waals surface area (Å²) in [6.07, 6.45) is 1.14. The molecule has 152 valence electrons. The quantitative estimate of drug-likeness (QED) is 0.424. The molecule has 0 saturated carbocycles. The third-order valence-electron chi connectivity index (χ3n) is 4.70. The number of sulfone groups is 1. The first-order valence-corrected chi connectivity index (χ1v) is 12.3. The van der Waals surface area contributed by atoms with E-state index in [-0.39, 0.29) is 5.75 Å². The van der Waals surface area contributed by atoms with Crippen LogP contribution in [0.3, 0.4) is 0 Å². The highest BCUT2D eigenvalue weighted by atomic mass is 32.2. The fourth-order valence-corrected chi connectivity index (χ4v) is 4.89. The molecule has 1 aromatic carbocycles. The number of hydrogen-bond acceptors (Lipinski definition) is 4. The predicted octanol–water partition coefficient (Wildman–Crippen LogP) is 3.28. The molecule has 0 aromatic heterocycles. The van der Waals surface area contributed by atoms with Crippen LogP contribution in [-0.2, 0) is 9.84 Å². The number of hydrogen-bond donors (Lipinski definition) is 1. The minimum atomic E-state index is -3.14. The van der Waals surface area contributed by atoms with E-state index in [0.29, 0.717) is 12.5 Å². The lowest BCUT2D eigenvalue weighted by Gasteiger charge is -2.22. The van der Waals surface area contributed by atoms with Crippen molar-refractivity contribution in [1.29, 1.82) is 0 Å². The van der Waals surface area contributed by atoms with Gasteiger partial charge < -0.3 is 10.2 Å². The zero-order valence-corrected chi connectivity index (χ0v) is 18.6. The summed E-state index contributed by atoms with van der Waals surface area (Å²) in [5, 5.41) is 3.32. The van der Waals surface area contributed by atoms with Crippen molar-refractivity contribution >= 4 is 27.6 Å². The number of guanidine groups is 1. The zero-order valence-electron chi connectivity index (χ0n) is 16.9. The minimum Gasteiger partial charge on any atom is -0.357 e. The first-order valence-electron chi connectivity index (χ1n) is 9.66. The minimum absolute atomic E-state index is 0.0898. The zero-order chi connectivity index (χ0) is 19.9. The van der Waals surface area contributed by atoms with Crippen molar-refractivity contribution in [1.82, 2.24) is 10.2 Å². The Bertz CT molecular complexity index is 712. The van der Waals surface area contributed by atoms with Crippen molar-refractivity contribution in [3.63, 3.8) is 0 Å². The fourth-order valence-electron chi connectivity index (χ4n) is 2.90. The largest absolute Gasteiger partial charge is 0.357 e. The predicted molar refractivity (Wildman–Crippen MR) is 116 cm³/mol. The van der Waals surface area contributed by atoms with Crippen molar-refractivity contribution in [2.24, 2.45) is 10.9 Å². The van der Waals surface area contributed by atoms with Gasteiger partial charge in [-0.3, -0.25) is 4.99 Å². The maximum absolute atomic E-state index is 12.3. The van der Waals surface area contributed by atoms with E-state index in [9.17, 15) is 8.42 Å². The summed E-state index contributed by atoms with van der Waals surface area (Å²) in [5.74, 6) is 2.65. The molecule has 1 fully saturated rings. The molecule has 7 heteroatoms. The second-order valence-electron chi connectivity index (χ2n) is 7.89. The van der Waals surface area contributed by atoms with Crippen molar-refractivity contribution in [2.75, 3.05) is 37.7 Å². The summed E-state index contributed by atoms with van der Waals surface area (Å²) >= 11 is 1.90. The van der Waals surface area contributed by atoms with Crippen molar-refractivity contribution < 1.29 is 8.42 Å². The van der Waals surface area contributed by atoms with E-state index >= 15 is 0 Å². The molecule has 0 bridgehead atoms. The maximum Gasteiger partial charge on any atom is 0.193 e. The number of aliphatic imine (C=N–C) groups is 1. The summed E-state index contributed by atoms with van der Waals surface area (Å²) in [6.45, 7) is 10.3. The van der Waals surface area contributed by atoms with Crippen LogP contribution in [0.2, 0.25) is 0 Å². The van der Waals surface area contributed by atoms with Crippen LogP contribution < -0.4 is 5.32 Å². The molecule has 1 atom stereocenters. The lowest BCUT2D eigenvalue weighted by molar-refractivity contribution is 0.475. The lowest BCUT2D eigenvalue weighted by atomic mass is 10.2.